The summed E-state index contributed by atoms with van der Waals surface area (Å²) in [7, 11) is 0. The average molecular weight is 297 g/mol. The lowest BCUT2D eigenvalue weighted by Gasteiger charge is -2.31. The van der Waals surface area contributed by atoms with Crippen molar-refractivity contribution in [2.75, 3.05) is 23.3 Å². The van der Waals surface area contributed by atoms with Gasteiger partial charge in [0.15, 0.2) is 0 Å². The van der Waals surface area contributed by atoms with Gasteiger partial charge in [0.2, 0.25) is 11.9 Å². The van der Waals surface area contributed by atoms with E-state index in [0.29, 0.717) is 0 Å². The monoisotopic (exact) mass is 297 g/mol. The first-order chi connectivity index (χ1) is 10.7. The third-order valence-electron chi connectivity index (χ3n) is 3.86. The first kappa shape index (κ1) is 14.4. The van der Waals surface area contributed by atoms with Gasteiger partial charge in [-0.3, -0.25) is 9.78 Å². The number of nitrogens with zero attached hydrogens (tertiary/aromatic N) is 4. The summed E-state index contributed by atoms with van der Waals surface area (Å²) in [5.74, 6) is 0.860. The van der Waals surface area contributed by atoms with E-state index < -0.39 is 0 Å². The van der Waals surface area contributed by atoms with Crippen LogP contribution in [0, 0.1) is 12.8 Å². The fourth-order valence-electron chi connectivity index (χ4n) is 2.66. The van der Waals surface area contributed by atoms with Crippen LogP contribution >= 0.6 is 0 Å². The number of nitrogens with one attached hydrogen (secondary N) is 1. The van der Waals surface area contributed by atoms with E-state index in [1.807, 2.05) is 19.1 Å². The normalized spacial score (nSPS) is 15.6. The predicted molar refractivity (Wildman–Crippen MR) is 84.6 cm³/mol. The standard InChI is InChI=1S/C16H19N5O/c1-12-11-14(3-8-17-12)20-15(22)13-4-9-21(10-5-13)16-18-6-2-7-19-16/h2-3,6-8,11,13H,4-5,9-10H2,1H3,(H,17,20,22). The highest BCUT2D eigenvalue weighted by atomic mass is 16.1. The number of hydrogen-bond acceptors (Lipinski definition) is 5. The lowest BCUT2D eigenvalue weighted by Crippen LogP contribution is -2.39. The highest BCUT2D eigenvalue weighted by Gasteiger charge is 2.26. The van der Waals surface area contributed by atoms with E-state index in [1.54, 1.807) is 24.7 Å². The number of aromatic nitrogens is 3. The Bertz CT molecular complexity index is 638. The summed E-state index contributed by atoms with van der Waals surface area (Å²) in [5, 5.41) is 2.98. The Morgan fingerprint density at radius 1 is 1.18 bits per heavy atom. The maximum absolute atomic E-state index is 12.3. The summed E-state index contributed by atoms with van der Waals surface area (Å²) in [6.07, 6.45) is 6.82. The molecule has 0 atom stereocenters. The van der Waals surface area contributed by atoms with Crippen LogP contribution in [0.2, 0.25) is 0 Å². The number of piperidine rings is 1. The summed E-state index contributed by atoms with van der Waals surface area (Å²) in [6.45, 7) is 3.52. The van der Waals surface area contributed by atoms with Gasteiger partial charge in [0.1, 0.15) is 0 Å². The molecule has 1 saturated heterocycles. The van der Waals surface area contributed by atoms with E-state index in [-0.39, 0.29) is 11.8 Å². The zero-order valence-electron chi connectivity index (χ0n) is 12.6. The van der Waals surface area contributed by atoms with Crippen molar-refractivity contribution >= 4 is 17.5 Å². The molecule has 22 heavy (non-hydrogen) atoms. The van der Waals surface area contributed by atoms with Gasteiger partial charge >= 0.3 is 0 Å². The molecule has 0 unspecified atom stereocenters. The van der Waals surface area contributed by atoms with Gasteiger partial charge in [-0.05, 0) is 38.0 Å². The number of carbonyl (C=O) groups is 1. The van der Waals surface area contributed by atoms with Crippen molar-refractivity contribution in [1.29, 1.82) is 0 Å². The van der Waals surface area contributed by atoms with Crippen LogP contribution in [0.5, 0.6) is 0 Å². The molecule has 6 nitrogen and oxygen atoms in total. The van der Waals surface area contributed by atoms with E-state index in [1.165, 1.54) is 0 Å². The minimum absolute atomic E-state index is 0.0356. The number of aryl methyl sites for hydroxylation is 1. The second-order valence-corrected chi connectivity index (χ2v) is 5.49. The summed E-state index contributed by atoms with van der Waals surface area (Å²) in [6, 6.07) is 5.50. The highest BCUT2D eigenvalue weighted by Crippen LogP contribution is 2.21. The minimum atomic E-state index is 0.0356. The third kappa shape index (κ3) is 3.39. The molecule has 0 bridgehead atoms. The fourth-order valence-corrected chi connectivity index (χ4v) is 2.66. The number of rotatable bonds is 3. The molecule has 1 aliphatic heterocycles. The van der Waals surface area contributed by atoms with Crippen molar-refractivity contribution < 1.29 is 4.79 Å². The average Bonchev–Trinajstić information content (AvgIpc) is 2.56. The number of amides is 1. The zero-order chi connectivity index (χ0) is 15.4. The van der Waals surface area contributed by atoms with E-state index in [0.717, 1.165) is 43.3 Å². The first-order valence-corrected chi connectivity index (χ1v) is 7.48. The molecule has 114 valence electrons. The maximum atomic E-state index is 12.3. The van der Waals surface area contributed by atoms with E-state index in [9.17, 15) is 4.79 Å². The van der Waals surface area contributed by atoms with Crippen LogP contribution in [-0.2, 0) is 4.79 Å². The van der Waals surface area contributed by atoms with Gasteiger partial charge in [0, 0.05) is 49.0 Å². The molecule has 6 heteroatoms. The maximum Gasteiger partial charge on any atom is 0.227 e. The Morgan fingerprint density at radius 2 is 1.91 bits per heavy atom. The molecule has 0 aromatic carbocycles. The van der Waals surface area contributed by atoms with Crippen molar-refractivity contribution in [2.24, 2.45) is 5.92 Å². The second-order valence-electron chi connectivity index (χ2n) is 5.49. The molecule has 0 saturated carbocycles. The number of pyridine rings is 1. The molecule has 0 spiro atoms. The molecular weight excluding hydrogens is 278 g/mol. The zero-order valence-corrected chi connectivity index (χ0v) is 12.6. The molecule has 1 fully saturated rings. The quantitative estimate of drug-likeness (QED) is 0.938. The molecule has 1 aliphatic rings. The van der Waals surface area contributed by atoms with E-state index in [4.69, 9.17) is 0 Å². The van der Waals surface area contributed by atoms with Crippen LogP contribution in [0.4, 0.5) is 11.6 Å². The lowest BCUT2D eigenvalue weighted by molar-refractivity contribution is -0.120. The van der Waals surface area contributed by atoms with Crippen molar-refractivity contribution in [3.63, 3.8) is 0 Å². The molecule has 1 N–H and O–H groups in total. The Hall–Kier alpha value is -2.50. The van der Waals surface area contributed by atoms with Gasteiger partial charge in [-0.2, -0.15) is 0 Å². The molecule has 3 heterocycles. The van der Waals surface area contributed by atoms with Crippen LogP contribution < -0.4 is 10.2 Å². The second kappa shape index (κ2) is 6.51. The van der Waals surface area contributed by atoms with Crippen LogP contribution in [0.15, 0.2) is 36.8 Å². The number of anilines is 2. The van der Waals surface area contributed by atoms with Crippen LogP contribution in [0.25, 0.3) is 0 Å². The molecular formula is C16H19N5O. The van der Waals surface area contributed by atoms with Gasteiger partial charge in [0.25, 0.3) is 0 Å². The largest absolute Gasteiger partial charge is 0.341 e. The first-order valence-electron chi connectivity index (χ1n) is 7.48. The molecule has 0 aliphatic carbocycles. The van der Waals surface area contributed by atoms with E-state index >= 15 is 0 Å². The Kier molecular flexibility index (Phi) is 4.27. The van der Waals surface area contributed by atoms with Crippen molar-refractivity contribution in [2.45, 2.75) is 19.8 Å². The van der Waals surface area contributed by atoms with Gasteiger partial charge in [-0.1, -0.05) is 0 Å². The number of carbonyl (C=O) groups excluding carboxylic acids is 1. The highest BCUT2D eigenvalue weighted by molar-refractivity contribution is 5.92. The topological polar surface area (TPSA) is 71.0 Å². The predicted octanol–water partition coefficient (Wildman–Crippen LogP) is 2.04. The minimum Gasteiger partial charge on any atom is -0.341 e. The summed E-state index contributed by atoms with van der Waals surface area (Å²) >= 11 is 0. The molecule has 1 amide bonds. The Labute approximate surface area is 129 Å². The molecule has 2 aromatic heterocycles. The summed E-state index contributed by atoms with van der Waals surface area (Å²) in [5.41, 5.74) is 1.71. The molecule has 0 radical (unpaired) electrons. The fraction of sp³-hybridized carbons (Fsp3) is 0.375. The van der Waals surface area contributed by atoms with Gasteiger partial charge in [-0.15, -0.1) is 0 Å². The van der Waals surface area contributed by atoms with Crippen molar-refractivity contribution in [3.8, 4) is 0 Å². The van der Waals surface area contributed by atoms with Crippen LogP contribution in [0.3, 0.4) is 0 Å². The van der Waals surface area contributed by atoms with Gasteiger partial charge in [-0.25, -0.2) is 9.97 Å². The molecule has 2 aromatic rings. The smallest absolute Gasteiger partial charge is 0.227 e. The molecule has 3 rings (SSSR count). The van der Waals surface area contributed by atoms with Crippen LogP contribution in [-0.4, -0.2) is 33.9 Å². The van der Waals surface area contributed by atoms with Crippen LogP contribution in [0.1, 0.15) is 18.5 Å². The SMILES string of the molecule is Cc1cc(NC(=O)C2CCN(c3ncccn3)CC2)ccn1. The van der Waals surface area contributed by atoms with E-state index in [2.05, 4.69) is 25.2 Å². The summed E-state index contributed by atoms with van der Waals surface area (Å²) in [4.78, 5) is 27.1. The van der Waals surface area contributed by atoms with Gasteiger partial charge < -0.3 is 10.2 Å². The van der Waals surface area contributed by atoms with Crippen molar-refractivity contribution in [1.82, 2.24) is 15.0 Å². The third-order valence-corrected chi connectivity index (χ3v) is 3.86. The Balaban J connectivity index is 1.56. The summed E-state index contributed by atoms with van der Waals surface area (Å²) < 4.78 is 0. The Morgan fingerprint density at radius 3 is 2.59 bits per heavy atom. The van der Waals surface area contributed by atoms with Crippen molar-refractivity contribution in [3.05, 3.63) is 42.5 Å². The van der Waals surface area contributed by atoms with Gasteiger partial charge in [0.05, 0.1) is 0 Å². The number of hydrogen-bond donors (Lipinski definition) is 1. The lowest BCUT2D eigenvalue weighted by atomic mass is 9.96.